The van der Waals surface area contributed by atoms with Gasteiger partial charge < -0.3 is 4.90 Å². The summed E-state index contributed by atoms with van der Waals surface area (Å²) in [4.78, 5) is 33.5. The van der Waals surface area contributed by atoms with E-state index in [-0.39, 0.29) is 11.7 Å². The van der Waals surface area contributed by atoms with Crippen molar-refractivity contribution in [2.24, 2.45) is 21.7 Å². The van der Waals surface area contributed by atoms with Crippen molar-refractivity contribution < 1.29 is 9.59 Å². The SMILES string of the molecule is C=C[C@]1(C)C(Cl)=CC2C(=O)[C@]1(N=C=S)c1cccc3c1[C@H](C(=O)N3C)C2(C)C. The number of hydrogen-bond acceptors (Lipinski definition) is 4. The largest absolute Gasteiger partial charge is 0.315 e. The van der Waals surface area contributed by atoms with Gasteiger partial charge in [-0.15, -0.1) is 6.58 Å². The Bertz CT molecular complexity index is 1040. The maximum absolute atomic E-state index is 14.1. The second kappa shape index (κ2) is 5.73. The number of Topliss-reactive ketones (excluding diaryl/α,β-unsaturated/α-hetero) is 1. The third-order valence-electron chi connectivity index (χ3n) is 7.07. The zero-order chi connectivity index (χ0) is 20.6. The number of anilines is 1. The van der Waals surface area contributed by atoms with E-state index in [1.54, 1.807) is 24.1 Å². The summed E-state index contributed by atoms with van der Waals surface area (Å²) in [6, 6.07) is 5.61. The van der Waals surface area contributed by atoms with Crippen molar-refractivity contribution in [3.05, 3.63) is 53.1 Å². The molecule has 1 aromatic carbocycles. The smallest absolute Gasteiger partial charge is 0.234 e. The lowest BCUT2D eigenvalue weighted by atomic mass is 9.57. The van der Waals surface area contributed by atoms with Crippen LogP contribution in [0.2, 0.25) is 0 Å². The number of nitrogens with zero attached hydrogens (tertiary/aromatic N) is 2. The van der Waals surface area contributed by atoms with Crippen LogP contribution < -0.4 is 4.90 Å². The maximum Gasteiger partial charge on any atom is 0.234 e. The fourth-order valence-corrected chi connectivity index (χ4v) is 5.81. The highest BCUT2D eigenvalue weighted by Crippen LogP contribution is 2.65. The number of ketones is 1. The van der Waals surface area contributed by atoms with Gasteiger partial charge in [-0.05, 0) is 41.7 Å². The second-order valence-corrected chi connectivity index (χ2v) is 9.16. The number of carbonyl (C=O) groups excluding carboxylic acids is 2. The molecule has 3 aliphatic rings. The highest BCUT2D eigenvalue weighted by atomic mass is 35.5. The summed E-state index contributed by atoms with van der Waals surface area (Å²) in [5.41, 5.74) is -0.807. The molecule has 1 heterocycles. The number of thiocarbonyl (C=S) groups is 1. The molecule has 1 aliphatic heterocycles. The number of benzene rings is 1. The van der Waals surface area contributed by atoms with Crippen molar-refractivity contribution in [3.63, 3.8) is 0 Å². The molecule has 1 amide bonds. The van der Waals surface area contributed by atoms with Gasteiger partial charge in [0.25, 0.3) is 0 Å². The zero-order valence-electron chi connectivity index (χ0n) is 16.2. The van der Waals surface area contributed by atoms with Crippen LogP contribution in [0.15, 0.2) is 47.0 Å². The number of isothiocyanates is 1. The van der Waals surface area contributed by atoms with Crippen LogP contribution in [0.1, 0.15) is 37.8 Å². The summed E-state index contributed by atoms with van der Waals surface area (Å²) in [7, 11) is 1.77. The highest BCUT2D eigenvalue weighted by molar-refractivity contribution is 7.78. The first kappa shape index (κ1) is 19.3. The van der Waals surface area contributed by atoms with Gasteiger partial charge in [0.2, 0.25) is 5.91 Å². The van der Waals surface area contributed by atoms with Gasteiger partial charge in [-0.3, -0.25) is 9.59 Å². The Morgan fingerprint density at radius 2 is 2.00 bits per heavy atom. The molecule has 0 spiro atoms. The molecule has 0 aromatic heterocycles. The van der Waals surface area contributed by atoms with E-state index in [1.165, 1.54) is 0 Å². The van der Waals surface area contributed by atoms with Crippen LogP contribution in [0.4, 0.5) is 5.69 Å². The molecule has 4 atom stereocenters. The molecule has 1 aromatic rings. The van der Waals surface area contributed by atoms with Crippen LogP contribution in [0.3, 0.4) is 0 Å². The van der Waals surface area contributed by atoms with Gasteiger partial charge in [0.1, 0.15) is 0 Å². The van der Waals surface area contributed by atoms with Crippen LogP contribution in [0, 0.1) is 16.7 Å². The van der Waals surface area contributed by atoms with E-state index in [0.29, 0.717) is 10.6 Å². The Morgan fingerprint density at radius 1 is 1.32 bits per heavy atom. The van der Waals surface area contributed by atoms with E-state index in [4.69, 9.17) is 23.8 Å². The highest BCUT2D eigenvalue weighted by Gasteiger charge is 2.67. The molecule has 2 bridgehead atoms. The summed E-state index contributed by atoms with van der Waals surface area (Å²) in [6.07, 6.45) is 3.43. The quantitative estimate of drug-likeness (QED) is 0.405. The normalized spacial score (nSPS) is 34.9. The van der Waals surface area contributed by atoms with Crippen LogP contribution in [0.5, 0.6) is 0 Å². The Labute approximate surface area is 175 Å². The summed E-state index contributed by atoms with van der Waals surface area (Å²) in [5.74, 6) is -1.23. The topological polar surface area (TPSA) is 49.7 Å². The molecule has 0 radical (unpaired) electrons. The number of likely N-dealkylation sites (N-methyl/N-ethyl adjacent to an activating group) is 1. The molecule has 28 heavy (non-hydrogen) atoms. The number of carbonyl (C=O) groups is 2. The van der Waals surface area contributed by atoms with Crippen molar-refractivity contribution in [2.45, 2.75) is 32.2 Å². The minimum Gasteiger partial charge on any atom is -0.315 e. The molecular formula is C22H21ClN2O2S. The molecule has 6 heteroatoms. The van der Waals surface area contributed by atoms with E-state index >= 15 is 0 Å². The molecule has 0 fully saturated rings. The minimum atomic E-state index is -1.41. The van der Waals surface area contributed by atoms with Gasteiger partial charge in [-0.25, -0.2) is 4.99 Å². The van der Waals surface area contributed by atoms with E-state index in [1.807, 2.05) is 39.0 Å². The number of aliphatic imine (C=N–C) groups is 1. The van der Waals surface area contributed by atoms with E-state index in [0.717, 1.165) is 11.3 Å². The van der Waals surface area contributed by atoms with Crippen LogP contribution in [0.25, 0.3) is 0 Å². The lowest BCUT2D eigenvalue weighted by Gasteiger charge is -2.48. The molecule has 4 rings (SSSR count). The van der Waals surface area contributed by atoms with Crippen molar-refractivity contribution in [1.29, 1.82) is 0 Å². The van der Waals surface area contributed by atoms with Gasteiger partial charge in [0, 0.05) is 23.7 Å². The number of halogens is 1. The average molecular weight is 413 g/mol. The lowest BCUT2D eigenvalue weighted by molar-refractivity contribution is -0.134. The molecule has 1 unspecified atom stereocenters. The minimum absolute atomic E-state index is 0.0286. The van der Waals surface area contributed by atoms with E-state index in [2.05, 4.69) is 16.7 Å². The fourth-order valence-electron chi connectivity index (χ4n) is 5.33. The van der Waals surface area contributed by atoms with Gasteiger partial charge in [0.05, 0.1) is 16.5 Å². The summed E-state index contributed by atoms with van der Waals surface area (Å²) in [6.45, 7) is 9.71. The molecule has 0 N–H and O–H groups in total. The van der Waals surface area contributed by atoms with E-state index in [9.17, 15) is 9.59 Å². The monoisotopic (exact) mass is 412 g/mol. The molecule has 4 nitrogen and oxygen atoms in total. The standard InChI is InChI=1S/C22H21ClN2O2S/c1-6-21(4)15(23)10-13-18(26)22(21,24-11-28)12-8-7-9-14-16(12)17(20(13,2)3)19(27)25(14)5/h6-10,13,17H,1H2,2-5H3/t13?,17-,21-,22-/m1/s1. The first-order valence-corrected chi connectivity index (χ1v) is 9.94. The van der Waals surface area contributed by atoms with Gasteiger partial charge >= 0.3 is 0 Å². The Hall–Kier alpha value is -2.07. The Morgan fingerprint density at radius 3 is 2.61 bits per heavy atom. The van der Waals surface area contributed by atoms with Crippen LogP contribution in [-0.2, 0) is 15.1 Å². The zero-order valence-corrected chi connectivity index (χ0v) is 17.8. The Balaban J connectivity index is 2.28. The van der Waals surface area contributed by atoms with Crippen LogP contribution >= 0.6 is 23.8 Å². The first-order chi connectivity index (χ1) is 13.1. The number of rotatable bonds is 2. The third kappa shape index (κ3) is 1.87. The average Bonchev–Trinajstić information content (AvgIpc) is 2.90. The van der Waals surface area contributed by atoms with Gasteiger partial charge in [0.15, 0.2) is 11.3 Å². The molecule has 0 saturated carbocycles. The summed E-state index contributed by atoms with van der Waals surface area (Å²) in [5, 5.41) is 2.93. The number of hydrogen-bond donors (Lipinski definition) is 0. The number of fused-ring (bicyclic) bond motifs is 3. The maximum atomic E-state index is 14.1. The number of allylic oxidation sites excluding steroid dienone is 1. The summed E-state index contributed by atoms with van der Waals surface area (Å²) >= 11 is 11.8. The van der Waals surface area contributed by atoms with E-state index < -0.39 is 28.2 Å². The third-order valence-corrected chi connectivity index (χ3v) is 7.68. The predicted octanol–water partition coefficient (Wildman–Crippen LogP) is 4.60. The second-order valence-electron chi connectivity index (χ2n) is 8.57. The number of amides is 1. The van der Waals surface area contributed by atoms with Crippen molar-refractivity contribution in [3.8, 4) is 0 Å². The predicted molar refractivity (Wildman–Crippen MR) is 114 cm³/mol. The van der Waals surface area contributed by atoms with Gasteiger partial charge in [-0.2, -0.15) is 0 Å². The molecule has 0 saturated heterocycles. The van der Waals surface area contributed by atoms with Crippen molar-refractivity contribution in [2.75, 3.05) is 11.9 Å². The lowest BCUT2D eigenvalue weighted by Crippen LogP contribution is -2.55. The fraction of sp³-hybridized carbons (Fsp3) is 0.409. The molecule has 144 valence electrons. The molecular weight excluding hydrogens is 392 g/mol. The van der Waals surface area contributed by atoms with Crippen molar-refractivity contribution in [1.82, 2.24) is 0 Å². The van der Waals surface area contributed by atoms with Crippen molar-refractivity contribution >= 4 is 46.4 Å². The summed E-state index contributed by atoms with van der Waals surface area (Å²) < 4.78 is 0. The van der Waals surface area contributed by atoms with Crippen LogP contribution in [-0.4, -0.2) is 23.9 Å². The Kier molecular flexibility index (Phi) is 3.94. The van der Waals surface area contributed by atoms with Gasteiger partial charge in [-0.1, -0.05) is 49.7 Å². The first-order valence-electron chi connectivity index (χ1n) is 9.15. The molecule has 2 aliphatic carbocycles.